The van der Waals surface area contributed by atoms with Gasteiger partial charge in [0.25, 0.3) is 0 Å². The van der Waals surface area contributed by atoms with Crippen molar-refractivity contribution in [2.75, 3.05) is 32.0 Å². The first-order valence-corrected chi connectivity index (χ1v) is 6.56. The smallest absolute Gasteiger partial charge is 0.356 e. The molecule has 9 heteroatoms. The van der Waals surface area contributed by atoms with Gasteiger partial charge in [0.15, 0.2) is 5.96 Å². The summed E-state index contributed by atoms with van der Waals surface area (Å²) >= 11 is 0. The maximum atomic E-state index is 12.5. The van der Waals surface area contributed by atoms with Crippen LogP contribution in [0, 0.1) is 0 Å². The average Bonchev–Trinajstić information content (AvgIpc) is 2.46. The van der Waals surface area contributed by atoms with E-state index in [0.29, 0.717) is 19.0 Å². The average molecular weight is 304 g/mol. The summed E-state index contributed by atoms with van der Waals surface area (Å²) in [6.45, 7) is 3.67. The SMILES string of the molecule is CCCNC(=NC)NCCNc1nccc(C(F)(F)F)n1. The van der Waals surface area contributed by atoms with Gasteiger partial charge in [0, 0.05) is 32.9 Å². The lowest BCUT2D eigenvalue weighted by Crippen LogP contribution is -2.39. The van der Waals surface area contributed by atoms with Crippen LogP contribution in [0.15, 0.2) is 17.3 Å². The molecule has 0 spiro atoms. The molecule has 0 aliphatic rings. The van der Waals surface area contributed by atoms with E-state index in [9.17, 15) is 13.2 Å². The molecule has 3 N–H and O–H groups in total. The van der Waals surface area contributed by atoms with Crippen molar-refractivity contribution >= 4 is 11.9 Å². The number of hydrogen-bond donors (Lipinski definition) is 3. The fraction of sp³-hybridized carbons (Fsp3) is 0.583. The molecule has 0 bridgehead atoms. The fourth-order valence-corrected chi connectivity index (χ4v) is 1.42. The van der Waals surface area contributed by atoms with Gasteiger partial charge in [-0.05, 0) is 12.5 Å². The number of aliphatic imine (C=N–C) groups is 1. The Morgan fingerprint density at radius 1 is 1.24 bits per heavy atom. The van der Waals surface area contributed by atoms with E-state index in [2.05, 4.69) is 30.9 Å². The van der Waals surface area contributed by atoms with Gasteiger partial charge in [-0.2, -0.15) is 13.2 Å². The molecule has 0 aliphatic heterocycles. The van der Waals surface area contributed by atoms with Crippen molar-refractivity contribution in [1.82, 2.24) is 20.6 Å². The van der Waals surface area contributed by atoms with Gasteiger partial charge in [-0.3, -0.25) is 4.99 Å². The second kappa shape index (κ2) is 8.28. The Kier molecular flexibility index (Phi) is 6.70. The van der Waals surface area contributed by atoms with E-state index >= 15 is 0 Å². The molecule has 0 fully saturated rings. The van der Waals surface area contributed by atoms with E-state index < -0.39 is 11.9 Å². The molecule has 0 atom stereocenters. The molecular weight excluding hydrogens is 285 g/mol. The normalized spacial score (nSPS) is 12.1. The Hall–Kier alpha value is -2.06. The minimum Gasteiger partial charge on any atom is -0.356 e. The monoisotopic (exact) mass is 304 g/mol. The van der Waals surface area contributed by atoms with Crippen LogP contribution in [0.1, 0.15) is 19.0 Å². The fourth-order valence-electron chi connectivity index (χ4n) is 1.42. The number of nitrogens with zero attached hydrogens (tertiary/aromatic N) is 3. The maximum Gasteiger partial charge on any atom is 0.433 e. The van der Waals surface area contributed by atoms with Gasteiger partial charge in [-0.25, -0.2) is 9.97 Å². The summed E-state index contributed by atoms with van der Waals surface area (Å²) in [4.78, 5) is 11.2. The first kappa shape index (κ1) is 17.0. The minimum absolute atomic E-state index is 0.0527. The van der Waals surface area contributed by atoms with E-state index in [0.717, 1.165) is 25.2 Å². The van der Waals surface area contributed by atoms with Gasteiger partial charge in [-0.15, -0.1) is 0 Å². The van der Waals surface area contributed by atoms with Crippen molar-refractivity contribution in [3.63, 3.8) is 0 Å². The highest BCUT2D eigenvalue weighted by atomic mass is 19.4. The molecule has 21 heavy (non-hydrogen) atoms. The van der Waals surface area contributed by atoms with E-state index in [1.54, 1.807) is 7.05 Å². The highest BCUT2D eigenvalue weighted by Gasteiger charge is 2.32. The number of halogens is 3. The number of hydrogen-bond acceptors (Lipinski definition) is 4. The molecular formula is C12H19F3N6. The third-order valence-corrected chi connectivity index (χ3v) is 2.41. The Morgan fingerprint density at radius 2 is 1.95 bits per heavy atom. The van der Waals surface area contributed by atoms with Gasteiger partial charge in [-0.1, -0.05) is 6.92 Å². The molecule has 1 aromatic heterocycles. The lowest BCUT2D eigenvalue weighted by Gasteiger charge is -2.12. The third-order valence-electron chi connectivity index (χ3n) is 2.41. The number of nitrogens with one attached hydrogen (secondary N) is 3. The predicted octanol–water partition coefficient (Wildman–Crippen LogP) is 1.48. The molecule has 0 amide bonds. The number of rotatable bonds is 6. The Labute approximate surface area is 121 Å². The lowest BCUT2D eigenvalue weighted by molar-refractivity contribution is -0.141. The summed E-state index contributed by atoms with van der Waals surface area (Å²) in [5.41, 5.74) is -0.964. The molecule has 1 heterocycles. The largest absolute Gasteiger partial charge is 0.433 e. The van der Waals surface area contributed by atoms with Gasteiger partial charge in [0.05, 0.1) is 0 Å². The molecule has 6 nitrogen and oxygen atoms in total. The van der Waals surface area contributed by atoms with Gasteiger partial charge < -0.3 is 16.0 Å². The summed E-state index contributed by atoms with van der Waals surface area (Å²) in [6, 6.07) is 0.833. The van der Waals surface area contributed by atoms with Crippen LogP contribution in [0.3, 0.4) is 0 Å². The van der Waals surface area contributed by atoms with Gasteiger partial charge in [0.1, 0.15) is 5.69 Å². The summed E-state index contributed by atoms with van der Waals surface area (Å²) < 4.78 is 37.4. The maximum absolute atomic E-state index is 12.5. The van der Waals surface area contributed by atoms with Crippen LogP contribution in [0.25, 0.3) is 0 Å². The standard InChI is InChI=1S/C12H19F3N6/c1-3-5-17-10(16-2)19-7-8-20-11-18-6-4-9(21-11)12(13,14)15/h4,6H,3,5,7-8H2,1-2H3,(H2,16,17,19)(H,18,20,21). The summed E-state index contributed by atoms with van der Waals surface area (Å²) in [5.74, 6) is 0.590. The zero-order chi connectivity index (χ0) is 15.7. The molecule has 0 unspecified atom stereocenters. The zero-order valence-corrected chi connectivity index (χ0v) is 12.0. The van der Waals surface area contributed by atoms with Gasteiger partial charge >= 0.3 is 6.18 Å². The zero-order valence-electron chi connectivity index (χ0n) is 12.0. The summed E-state index contributed by atoms with van der Waals surface area (Å²) in [6.07, 6.45) is -2.42. The molecule has 0 aromatic carbocycles. The van der Waals surface area contributed by atoms with E-state index in [1.165, 1.54) is 0 Å². The first-order chi connectivity index (χ1) is 9.97. The highest BCUT2D eigenvalue weighted by Crippen LogP contribution is 2.27. The Bertz CT molecular complexity index is 461. The molecule has 0 radical (unpaired) electrons. The van der Waals surface area contributed by atoms with Crippen molar-refractivity contribution < 1.29 is 13.2 Å². The van der Waals surface area contributed by atoms with E-state index in [4.69, 9.17) is 0 Å². The second-order valence-corrected chi connectivity index (χ2v) is 4.12. The lowest BCUT2D eigenvalue weighted by atomic mass is 10.4. The van der Waals surface area contributed by atoms with Crippen molar-refractivity contribution in [2.24, 2.45) is 4.99 Å². The molecule has 0 saturated carbocycles. The van der Waals surface area contributed by atoms with Crippen molar-refractivity contribution in [3.8, 4) is 0 Å². The Morgan fingerprint density at radius 3 is 2.57 bits per heavy atom. The number of aromatic nitrogens is 2. The van der Waals surface area contributed by atoms with Crippen LogP contribution in [0.4, 0.5) is 19.1 Å². The number of guanidine groups is 1. The molecule has 118 valence electrons. The topological polar surface area (TPSA) is 74.2 Å². The first-order valence-electron chi connectivity index (χ1n) is 6.56. The third kappa shape index (κ3) is 6.28. The van der Waals surface area contributed by atoms with Crippen LogP contribution < -0.4 is 16.0 Å². The van der Waals surface area contributed by atoms with E-state index in [1.807, 2.05) is 6.92 Å². The highest BCUT2D eigenvalue weighted by molar-refractivity contribution is 5.79. The quantitative estimate of drug-likeness (QED) is 0.422. The predicted molar refractivity (Wildman–Crippen MR) is 75.2 cm³/mol. The van der Waals surface area contributed by atoms with Crippen LogP contribution in [-0.2, 0) is 6.18 Å². The minimum atomic E-state index is -4.47. The second-order valence-electron chi connectivity index (χ2n) is 4.12. The number of alkyl halides is 3. The van der Waals surface area contributed by atoms with Crippen LogP contribution >= 0.6 is 0 Å². The summed E-state index contributed by atoms with van der Waals surface area (Å²) in [5, 5.41) is 8.82. The van der Waals surface area contributed by atoms with Crippen LogP contribution in [0.2, 0.25) is 0 Å². The van der Waals surface area contributed by atoms with Crippen molar-refractivity contribution in [2.45, 2.75) is 19.5 Å². The number of anilines is 1. The summed E-state index contributed by atoms with van der Waals surface area (Å²) in [7, 11) is 1.65. The van der Waals surface area contributed by atoms with Crippen LogP contribution in [-0.4, -0.2) is 42.6 Å². The molecule has 0 aliphatic carbocycles. The molecule has 1 aromatic rings. The molecule has 1 rings (SSSR count). The van der Waals surface area contributed by atoms with Crippen LogP contribution in [0.5, 0.6) is 0 Å². The Balaban J connectivity index is 2.39. The van der Waals surface area contributed by atoms with Crippen molar-refractivity contribution in [3.05, 3.63) is 18.0 Å². The van der Waals surface area contributed by atoms with Crippen molar-refractivity contribution in [1.29, 1.82) is 0 Å². The van der Waals surface area contributed by atoms with E-state index in [-0.39, 0.29) is 5.95 Å². The van der Waals surface area contributed by atoms with Gasteiger partial charge in [0.2, 0.25) is 5.95 Å². The molecule has 0 saturated heterocycles.